The van der Waals surface area contributed by atoms with Gasteiger partial charge in [0.25, 0.3) is 11.6 Å². The van der Waals surface area contributed by atoms with Gasteiger partial charge in [0.05, 0.1) is 17.1 Å². The molecule has 4 rings (SSSR count). The molecule has 10 heteroatoms. The number of morpholine rings is 1. The van der Waals surface area contributed by atoms with Crippen molar-refractivity contribution in [1.29, 1.82) is 0 Å². The molecule has 0 saturated carbocycles. The van der Waals surface area contributed by atoms with Crippen molar-refractivity contribution in [3.63, 3.8) is 0 Å². The molecule has 3 atom stereocenters. The molecule has 0 aliphatic carbocycles. The fraction of sp³-hybridized carbons (Fsp3) is 0.522. The highest BCUT2D eigenvalue weighted by molar-refractivity contribution is 5.92. The molecule has 0 N–H and O–H groups in total. The summed E-state index contributed by atoms with van der Waals surface area (Å²) >= 11 is 0. The number of benzene rings is 1. The lowest BCUT2D eigenvalue weighted by molar-refractivity contribution is -0.384. The number of rotatable bonds is 5. The zero-order chi connectivity index (χ0) is 23.7. The fourth-order valence-corrected chi connectivity index (χ4v) is 4.90. The molecule has 1 amide bonds. The van der Waals surface area contributed by atoms with Gasteiger partial charge in [-0.2, -0.15) is 5.10 Å². The van der Waals surface area contributed by atoms with Crippen LogP contribution in [-0.4, -0.2) is 74.8 Å². The van der Waals surface area contributed by atoms with E-state index in [1.54, 1.807) is 30.0 Å². The molecule has 0 spiro atoms. The van der Waals surface area contributed by atoms with Crippen LogP contribution < -0.4 is 5.43 Å². The molecule has 2 aliphatic rings. The zero-order valence-electron chi connectivity index (χ0n) is 19.1. The molecular weight excluding hydrogens is 426 g/mol. The molecule has 3 heterocycles. The fourth-order valence-electron chi connectivity index (χ4n) is 4.90. The van der Waals surface area contributed by atoms with Gasteiger partial charge in [0.15, 0.2) is 5.69 Å². The first-order valence-corrected chi connectivity index (χ1v) is 11.3. The molecule has 2 saturated heterocycles. The third-order valence-electron chi connectivity index (χ3n) is 6.22. The Morgan fingerprint density at radius 1 is 1.24 bits per heavy atom. The third kappa shape index (κ3) is 4.81. The highest BCUT2D eigenvalue weighted by Gasteiger charge is 2.34. The Hall–Kier alpha value is -3.11. The molecule has 2 aromatic rings. The van der Waals surface area contributed by atoms with E-state index in [9.17, 15) is 19.7 Å². The number of nitro groups is 1. The van der Waals surface area contributed by atoms with Crippen molar-refractivity contribution in [2.24, 2.45) is 0 Å². The van der Waals surface area contributed by atoms with Crippen LogP contribution in [0.1, 0.15) is 42.9 Å². The lowest BCUT2D eigenvalue weighted by Gasteiger charge is -2.38. The Bertz CT molecular complexity index is 1110. The molecule has 176 valence electrons. The number of hydrogen-bond acceptors (Lipinski definition) is 7. The number of aromatic nitrogens is 2. The van der Waals surface area contributed by atoms with Gasteiger partial charge < -0.3 is 9.64 Å². The van der Waals surface area contributed by atoms with Gasteiger partial charge in [-0.25, -0.2) is 4.68 Å². The molecule has 3 unspecified atom stereocenters. The van der Waals surface area contributed by atoms with Gasteiger partial charge >= 0.3 is 0 Å². The molecule has 0 bridgehead atoms. The van der Waals surface area contributed by atoms with Crippen LogP contribution in [0.4, 0.5) is 5.69 Å². The summed E-state index contributed by atoms with van der Waals surface area (Å²) in [4.78, 5) is 41.2. The summed E-state index contributed by atoms with van der Waals surface area (Å²) in [5, 5.41) is 15.8. The quantitative estimate of drug-likeness (QED) is 0.502. The Labute approximate surface area is 191 Å². The minimum Gasteiger partial charge on any atom is -0.373 e. The monoisotopic (exact) mass is 455 g/mol. The number of ether oxygens (including phenoxy) is 1. The number of para-hydroxylation sites is 2. The predicted molar refractivity (Wildman–Crippen MR) is 122 cm³/mol. The van der Waals surface area contributed by atoms with Gasteiger partial charge in [-0.15, -0.1) is 0 Å². The number of carbonyl (C=O) groups is 1. The van der Waals surface area contributed by atoms with Crippen LogP contribution in [0.15, 0.2) is 35.1 Å². The summed E-state index contributed by atoms with van der Waals surface area (Å²) in [5.74, 6) is -0.427. The Balaban J connectivity index is 1.62. The summed E-state index contributed by atoms with van der Waals surface area (Å²) in [6.07, 6.45) is 1.98. The van der Waals surface area contributed by atoms with Crippen LogP contribution in [0.5, 0.6) is 0 Å². The smallest absolute Gasteiger partial charge is 0.294 e. The second-order valence-electron chi connectivity index (χ2n) is 8.93. The van der Waals surface area contributed by atoms with E-state index in [0.717, 1.165) is 25.9 Å². The predicted octanol–water partition coefficient (Wildman–Crippen LogP) is 2.16. The lowest BCUT2D eigenvalue weighted by atomic mass is 10.1. The molecule has 1 aromatic carbocycles. The van der Waals surface area contributed by atoms with Gasteiger partial charge in [-0.1, -0.05) is 12.1 Å². The lowest BCUT2D eigenvalue weighted by Crippen LogP contribution is -2.51. The first-order valence-electron chi connectivity index (χ1n) is 11.3. The van der Waals surface area contributed by atoms with Crippen LogP contribution in [0, 0.1) is 17.0 Å². The zero-order valence-corrected chi connectivity index (χ0v) is 19.1. The van der Waals surface area contributed by atoms with Crippen molar-refractivity contribution < 1.29 is 14.5 Å². The molecular formula is C23H29N5O5. The van der Waals surface area contributed by atoms with Crippen molar-refractivity contribution in [3.8, 4) is 5.69 Å². The SMILES string of the molecule is Cc1cc(=O)c(C(=O)N2CCCC2CN2CC(C)OC(C)C2)nn1-c1ccccc1[N+](=O)[O-]. The van der Waals surface area contributed by atoms with E-state index in [2.05, 4.69) is 10.00 Å². The first kappa shape index (κ1) is 23.1. The number of aryl methyl sites for hydroxylation is 1. The van der Waals surface area contributed by atoms with Crippen molar-refractivity contribution >= 4 is 11.6 Å². The van der Waals surface area contributed by atoms with E-state index >= 15 is 0 Å². The molecule has 2 fully saturated rings. The van der Waals surface area contributed by atoms with Gasteiger partial charge in [-0.05, 0) is 39.7 Å². The molecule has 1 aromatic heterocycles. The number of carbonyl (C=O) groups excluding carboxylic acids is 1. The number of nitrogens with zero attached hydrogens (tertiary/aromatic N) is 5. The average Bonchev–Trinajstić information content (AvgIpc) is 3.20. The van der Waals surface area contributed by atoms with E-state index < -0.39 is 16.3 Å². The molecule has 33 heavy (non-hydrogen) atoms. The minimum atomic E-state index is -0.503. The van der Waals surface area contributed by atoms with Crippen LogP contribution in [0.25, 0.3) is 5.69 Å². The first-order chi connectivity index (χ1) is 15.7. The Kier molecular flexibility index (Phi) is 6.57. The van der Waals surface area contributed by atoms with Gasteiger partial charge in [-0.3, -0.25) is 24.6 Å². The van der Waals surface area contributed by atoms with Crippen molar-refractivity contribution in [2.45, 2.75) is 51.9 Å². The second-order valence-corrected chi connectivity index (χ2v) is 8.93. The standard InChI is InChI=1S/C23H29N5O5/c1-15-11-21(29)22(24-27(15)19-8-4-5-9-20(19)28(31)32)23(30)26-10-6-7-18(26)14-25-12-16(2)33-17(3)13-25/h4-5,8-9,11,16-18H,6-7,10,12-14H2,1-3H3. The average molecular weight is 456 g/mol. The van der Waals surface area contributed by atoms with Crippen molar-refractivity contribution in [1.82, 2.24) is 19.6 Å². The van der Waals surface area contributed by atoms with E-state index in [-0.39, 0.29) is 35.3 Å². The topological polar surface area (TPSA) is 111 Å². The van der Waals surface area contributed by atoms with Crippen molar-refractivity contribution in [2.75, 3.05) is 26.2 Å². The largest absolute Gasteiger partial charge is 0.373 e. The summed E-state index contributed by atoms with van der Waals surface area (Å²) < 4.78 is 7.12. The Morgan fingerprint density at radius 3 is 2.64 bits per heavy atom. The second kappa shape index (κ2) is 9.40. The van der Waals surface area contributed by atoms with E-state index in [4.69, 9.17) is 4.74 Å². The van der Waals surface area contributed by atoms with E-state index in [1.807, 2.05) is 13.8 Å². The van der Waals surface area contributed by atoms with Gasteiger partial charge in [0.1, 0.15) is 5.69 Å². The summed E-state index contributed by atoms with van der Waals surface area (Å²) in [7, 11) is 0. The molecule has 0 radical (unpaired) electrons. The number of likely N-dealkylation sites (tertiary alicyclic amines) is 1. The summed E-state index contributed by atoms with van der Waals surface area (Å²) in [6.45, 7) is 8.60. The maximum Gasteiger partial charge on any atom is 0.294 e. The van der Waals surface area contributed by atoms with Crippen LogP contribution >= 0.6 is 0 Å². The minimum absolute atomic E-state index is 0.0167. The molecule has 2 aliphatic heterocycles. The van der Waals surface area contributed by atoms with Crippen LogP contribution in [0.2, 0.25) is 0 Å². The number of hydrogen-bond donors (Lipinski definition) is 0. The highest BCUT2D eigenvalue weighted by Crippen LogP contribution is 2.24. The highest BCUT2D eigenvalue weighted by atomic mass is 16.6. The number of nitro benzene ring substituents is 1. The maximum absolute atomic E-state index is 13.4. The Morgan fingerprint density at radius 2 is 1.94 bits per heavy atom. The van der Waals surface area contributed by atoms with E-state index in [1.165, 1.54) is 16.8 Å². The van der Waals surface area contributed by atoms with Crippen LogP contribution in [-0.2, 0) is 4.74 Å². The van der Waals surface area contributed by atoms with Crippen molar-refractivity contribution in [3.05, 3.63) is 62.1 Å². The summed E-state index contributed by atoms with van der Waals surface area (Å²) in [6, 6.07) is 7.44. The normalized spacial score (nSPS) is 23.6. The van der Waals surface area contributed by atoms with Gasteiger partial charge in [0.2, 0.25) is 5.43 Å². The number of amides is 1. The van der Waals surface area contributed by atoms with E-state index in [0.29, 0.717) is 18.8 Å². The maximum atomic E-state index is 13.4. The third-order valence-corrected chi connectivity index (χ3v) is 6.22. The molecule has 10 nitrogen and oxygen atoms in total. The van der Waals surface area contributed by atoms with Crippen LogP contribution in [0.3, 0.4) is 0 Å². The van der Waals surface area contributed by atoms with Gasteiger partial charge in [0, 0.05) is 50.0 Å². The summed E-state index contributed by atoms with van der Waals surface area (Å²) in [5.41, 5.74) is -0.214.